The van der Waals surface area contributed by atoms with Gasteiger partial charge in [0.25, 0.3) is 5.91 Å². The molecule has 1 atom stereocenters. The molecule has 0 fully saturated rings. The third-order valence-electron chi connectivity index (χ3n) is 4.84. The summed E-state index contributed by atoms with van der Waals surface area (Å²) in [6, 6.07) is 20.8. The first-order valence-corrected chi connectivity index (χ1v) is 9.95. The van der Waals surface area contributed by atoms with Gasteiger partial charge >= 0.3 is 0 Å². The van der Waals surface area contributed by atoms with Gasteiger partial charge in [-0.1, -0.05) is 33.7 Å². The molecule has 1 aliphatic rings. The van der Waals surface area contributed by atoms with Gasteiger partial charge in [0, 0.05) is 18.7 Å². The second-order valence-electron chi connectivity index (χ2n) is 6.87. The van der Waals surface area contributed by atoms with Gasteiger partial charge in [-0.05, 0) is 60.5 Å². The maximum atomic E-state index is 12.0. The molecule has 0 spiro atoms. The van der Waals surface area contributed by atoms with Crippen molar-refractivity contribution in [3.05, 3.63) is 84.1 Å². The van der Waals surface area contributed by atoms with Crippen molar-refractivity contribution in [1.82, 2.24) is 9.65 Å². The fourth-order valence-electron chi connectivity index (χ4n) is 3.28. The van der Waals surface area contributed by atoms with Crippen molar-refractivity contribution in [2.45, 2.75) is 6.42 Å². The fourth-order valence-corrected chi connectivity index (χ4v) is 3.51. The van der Waals surface area contributed by atoms with Gasteiger partial charge in [0.2, 0.25) is 0 Å². The summed E-state index contributed by atoms with van der Waals surface area (Å²) in [5.41, 5.74) is 9.50. The standard InChI is InChI=1S/C23H22N3O2P/c24-23(27)20-10-11-21(16-12-14-26(29)15-13-16)25-22(20)17-6-8-19(9-7-17)28-18-4-2-1-3-5-18/h1-12H,13-15,29H2,(H2,24,27). The Bertz CT molecular complexity index is 1050. The van der Waals surface area contributed by atoms with Crippen molar-refractivity contribution in [2.24, 2.45) is 5.73 Å². The first kappa shape index (κ1) is 19.3. The maximum absolute atomic E-state index is 12.0. The maximum Gasteiger partial charge on any atom is 0.250 e. The summed E-state index contributed by atoms with van der Waals surface area (Å²) < 4.78 is 8.02. The number of carbonyl (C=O) groups is 1. The van der Waals surface area contributed by atoms with Gasteiger partial charge in [-0.2, -0.15) is 0 Å². The molecule has 5 nitrogen and oxygen atoms in total. The van der Waals surface area contributed by atoms with E-state index < -0.39 is 5.91 Å². The van der Waals surface area contributed by atoms with E-state index in [2.05, 4.69) is 20.1 Å². The molecule has 1 aliphatic heterocycles. The van der Waals surface area contributed by atoms with Crippen molar-refractivity contribution in [3.63, 3.8) is 0 Å². The van der Waals surface area contributed by atoms with Crippen LogP contribution in [0.2, 0.25) is 0 Å². The van der Waals surface area contributed by atoms with Gasteiger partial charge in [0.1, 0.15) is 11.5 Å². The Hall–Kier alpha value is -3.01. The number of hydrogen-bond acceptors (Lipinski definition) is 4. The van der Waals surface area contributed by atoms with Crippen LogP contribution in [0.15, 0.2) is 72.8 Å². The molecule has 0 saturated heterocycles. The van der Waals surface area contributed by atoms with Gasteiger partial charge < -0.3 is 10.5 Å². The first-order valence-electron chi connectivity index (χ1n) is 9.43. The second kappa shape index (κ2) is 8.56. The molecular formula is C23H22N3O2P. The van der Waals surface area contributed by atoms with Crippen LogP contribution in [-0.4, -0.2) is 28.7 Å². The molecule has 2 heterocycles. The zero-order valence-corrected chi connectivity index (χ0v) is 17.1. The summed E-state index contributed by atoms with van der Waals surface area (Å²) in [7, 11) is 2.72. The molecule has 1 amide bonds. The van der Waals surface area contributed by atoms with Gasteiger partial charge in [-0.3, -0.25) is 9.46 Å². The molecule has 0 radical (unpaired) electrons. The number of benzene rings is 2. The van der Waals surface area contributed by atoms with Crippen molar-refractivity contribution in [3.8, 4) is 22.8 Å². The molecule has 2 aromatic carbocycles. The fraction of sp³-hybridized carbons (Fsp3) is 0.130. The molecule has 1 aromatic heterocycles. The Kier molecular flexibility index (Phi) is 5.70. The summed E-state index contributed by atoms with van der Waals surface area (Å²) >= 11 is 0. The summed E-state index contributed by atoms with van der Waals surface area (Å²) in [5, 5.41) is 0. The third-order valence-corrected chi connectivity index (χ3v) is 5.31. The van der Waals surface area contributed by atoms with Gasteiger partial charge in [0.05, 0.1) is 17.0 Å². The number of aromatic nitrogens is 1. The average Bonchev–Trinajstić information content (AvgIpc) is 2.75. The van der Waals surface area contributed by atoms with E-state index in [-0.39, 0.29) is 0 Å². The molecule has 6 heteroatoms. The van der Waals surface area contributed by atoms with Crippen molar-refractivity contribution in [1.29, 1.82) is 0 Å². The highest BCUT2D eigenvalue weighted by Crippen LogP contribution is 2.29. The SMILES string of the molecule is NC(=O)c1ccc(C2=CCN(P)CC2)nc1-c1ccc(Oc2ccccc2)cc1. The molecule has 0 aliphatic carbocycles. The van der Waals surface area contributed by atoms with E-state index in [4.69, 9.17) is 15.5 Å². The van der Waals surface area contributed by atoms with Crippen LogP contribution < -0.4 is 10.5 Å². The lowest BCUT2D eigenvalue weighted by Gasteiger charge is -2.21. The number of amides is 1. The minimum Gasteiger partial charge on any atom is -0.457 e. The van der Waals surface area contributed by atoms with E-state index in [9.17, 15) is 4.79 Å². The van der Waals surface area contributed by atoms with Gasteiger partial charge in [0.15, 0.2) is 0 Å². The molecular weight excluding hydrogens is 381 g/mol. The Labute approximate surface area is 172 Å². The minimum absolute atomic E-state index is 0.412. The highest BCUT2D eigenvalue weighted by Gasteiger charge is 2.16. The van der Waals surface area contributed by atoms with Crippen LogP contribution in [0.3, 0.4) is 0 Å². The van der Waals surface area contributed by atoms with E-state index >= 15 is 0 Å². The van der Waals surface area contributed by atoms with Gasteiger partial charge in [-0.15, -0.1) is 0 Å². The van der Waals surface area contributed by atoms with Crippen molar-refractivity contribution in [2.75, 3.05) is 13.1 Å². The topological polar surface area (TPSA) is 68.5 Å². The number of pyridine rings is 1. The van der Waals surface area contributed by atoms with E-state index in [1.54, 1.807) is 6.07 Å². The molecule has 4 rings (SSSR count). The largest absolute Gasteiger partial charge is 0.457 e. The zero-order chi connectivity index (χ0) is 20.2. The molecule has 1 unspecified atom stereocenters. The van der Waals surface area contributed by atoms with Crippen molar-refractivity contribution >= 4 is 20.9 Å². The highest BCUT2D eigenvalue weighted by molar-refractivity contribution is 7.13. The Morgan fingerprint density at radius 2 is 1.72 bits per heavy atom. The average molecular weight is 403 g/mol. The molecule has 0 bridgehead atoms. The lowest BCUT2D eigenvalue weighted by Crippen LogP contribution is -2.19. The Morgan fingerprint density at radius 1 is 1.00 bits per heavy atom. The van der Waals surface area contributed by atoms with Crippen molar-refractivity contribution < 1.29 is 9.53 Å². The van der Waals surface area contributed by atoms with E-state index in [1.165, 1.54) is 5.57 Å². The van der Waals surface area contributed by atoms with Crippen LogP contribution >= 0.6 is 9.39 Å². The van der Waals surface area contributed by atoms with Crippen LogP contribution in [0.5, 0.6) is 11.5 Å². The Morgan fingerprint density at radius 3 is 2.38 bits per heavy atom. The highest BCUT2D eigenvalue weighted by atomic mass is 31.0. The summed E-state index contributed by atoms with van der Waals surface area (Å²) in [6.07, 6.45) is 3.08. The monoisotopic (exact) mass is 403 g/mol. The van der Waals surface area contributed by atoms with E-state index in [0.29, 0.717) is 17.0 Å². The lowest BCUT2D eigenvalue weighted by molar-refractivity contribution is 0.100. The quantitative estimate of drug-likeness (QED) is 0.636. The zero-order valence-electron chi connectivity index (χ0n) is 15.9. The number of para-hydroxylation sites is 1. The van der Waals surface area contributed by atoms with Crippen LogP contribution in [0.1, 0.15) is 22.5 Å². The van der Waals surface area contributed by atoms with Crippen LogP contribution in [0.4, 0.5) is 0 Å². The predicted molar refractivity (Wildman–Crippen MR) is 119 cm³/mol. The van der Waals surface area contributed by atoms with E-state index in [0.717, 1.165) is 36.5 Å². The second-order valence-corrected chi connectivity index (χ2v) is 7.60. The molecule has 0 saturated carbocycles. The molecule has 3 aromatic rings. The minimum atomic E-state index is -0.489. The number of hydrogen-bond donors (Lipinski definition) is 1. The number of nitrogens with zero attached hydrogens (tertiary/aromatic N) is 2. The molecule has 146 valence electrons. The number of nitrogens with two attached hydrogens (primary N) is 1. The van der Waals surface area contributed by atoms with E-state index in [1.807, 2.05) is 60.7 Å². The summed E-state index contributed by atoms with van der Waals surface area (Å²) in [6.45, 7) is 1.82. The van der Waals surface area contributed by atoms with Gasteiger partial charge in [-0.25, -0.2) is 4.98 Å². The first-order chi connectivity index (χ1) is 14.1. The summed E-state index contributed by atoms with van der Waals surface area (Å²) in [5.74, 6) is 0.996. The van der Waals surface area contributed by atoms with Crippen LogP contribution in [-0.2, 0) is 0 Å². The third kappa shape index (κ3) is 4.53. The number of rotatable bonds is 5. The number of carbonyl (C=O) groups excluding carboxylic acids is 1. The number of primary amides is 1. The predicted octanol–water partition coefficient (Wildman–Crippen LogP) is 4.52. The molecule has 29 heavy (non-hydrogen) atoms. The number of ether oxygens (including phenoxy) is 1. The smallest absolute Gasteiger partial charge is 0.250 e. The van der Waals surface area contributed by atoms with Crippen LogP contribution in [0.25, 0.3) is 16.8 Å². The Balaban J connectivity index is 1.65. The molecule has 2 N–H and O–H groups in total. The normalized spacial score (nSPS) is 14.3. The summed E-state index contributed by atoms with van der Waals surface area (Å²) in [4.78, 5) is 16.8. The van der Waals surface area contributed by atoms with Crippen LogP contribution in [0, 0.1) is 0 Å². The lowest BCUT2D eigenvalue weighted by atomic mass is 10.0.